The minimum atomic E-state index is -0.250. The van der Waals surface area contributed by atoms with E-state index in [-0.39, 0.29) is 19.0 Å². The quantitative estimate of drug-likeness (QED) is 0.404. The molecule has 154 valence electrons. The number of aryl methyl sites for hydroxylation is 1. The fraction of sp³-hybridized carbons (Fsp3) is 0.647. The van der Waals surface area contributed by atoms with E-state index in [1.807, 2.05) is 32.1 Å². The minimum absolute atomic E-state index is 0.144. The Kier molecular flexibility index (Phi) is 13.3. The molecule has 10 heteroatoms. The van der Waals surface area contributed by atoms with E-state index >= 15 is 0 Å². The third-order valence-corrected chi connectivity index (χ3v) is 3.78. The second kappa shape index (κ2) is 14.7. The first kappa shape index (κ1) is 24.5. The number of hydrogen-bond donors (Lipinski definition) is 4. The van der Waals surface area contributed by atoms with Gasteiger partial charge in [-0.1, -0.05) is 0 Å². The van der Waals surface area contributed by atoms with Gasteiger partial charge >= 0.3 is 0 Å². The van der Waals surface area contributed by atoms with Crippen molar-refractivity contribution in [1.29, 1.82) is 0 Å². The van der Waals surface area contributed by atoms with Crippen LogP contribution < -0.4 is 10.2 Å². The van der Waals surface area contributed by atoms with Crippen LogP contribution in [-0.2, 0) is 9.59 Å². The van der Waals surface area contributed by atoms with Gasteiger partial charge in [0.15, 0.2) is 0 Å². The fourth-order valence-electron chi connectivity index (χ4n) is 2.71. The van der Waals surface area contributed by atoms with Gasteiger partial charge in [0.25, 0.3) is 12.9 Å². The van der Waals surface area contributed by atoms with E-state index in [2.05, 4.69) is 20.2 Å². The molecule has 1 aromatic heterocycles. The van der Waals surface area contributed by atoms with Crippen LogP contribution in [0.3, 0.4) is 0 Å². The van der Waals surface area contributed by atoms with Crippen LogP contribution in [0.4, 0.5) is 11.8 Å². The number of aliphatic hydroxyl groups excluding tert-OH is 1. The number of aliphatic hydroxyl groups is 1. The SMILES string of the molecule is Cc1cnc(NCCCN2CCCC(O)C2)nc1N(C)C.O=CO.O=CO. The van der Waals surface area contributed by atoms with E-state index in [0.29, 0.717) is 5.95 Å². The summed E-state index contributed by atoms with van der Waals surface area (Å²) < 4.78 is 0. The first-order chi connectivity index (χ1) is 12.9. The number of piperidine rings is 1. The minimum Gasteiger partial charge on any atom is -0.483 e. The molecule has 1 aromatic rings. The number of aromatic nitrogens is 2. The van der Waals surface area contributed by atoms with Crippen molar-refractivity contribution in [3.05, 3.63) is 11.8 Å². The summed E-state index contributed by atoms with van der Waals surface area (Å²) in [5.41, 5.74) is 1.08. The summed E-state index contributed by atoms with van der Waals surface area (Å²) in [6.45, 7) is 5.29. The lowest BCUT2D eigenvalue weighted by atomic mass is 10.1. The molecule has 4 N–H and O–H groups in total. The summed E-state index contributed by atoms with van der Waals surface area (Å²) in [5.74, 6) is 1.63. The van der Waals surface area contributed by atoms with Gasteiger partial charge in [0.2, 0.25) is 5.95 Å². The lowest BCUT2D eigenvalue weighted by Crippen LogP contribution is -2.39. The Labute approximate surface area is 159 Å². The molecule has 1 saturated heterocycles. The van der Waals surface area contributed by atoms with Crippen LogP contribution in [0.2, 0.25) is 0 Å². The molecule has 1 fully saturated rings. The Morgan fingerprint density at radius 3 is 2.52 bits per heavy atom. The van der Waals surface area contributed by atoms with Crippen molar-refractivity contribution in [2.45, 2.75) is 32.3 Å². The Morgan fingerprint density at radius 2 is 1.96 bits per heavy atom. The van der Waals surface area contributed by atoms with Gasteiger partial charge in [-0.15, -0.1) is 0 Å². The van der Waals surface area contributed by atoms with Crippen molar-refractivity contribution in [1.82, 2.24) is 14.9 Å². The summed E-state index contributed by atoms with van der Waals surface area (Å²) in [6.07, 6.45) is 4.78. The zero-order valence-corrected chi connectivity index (χ0v) is 16.2. The Morgan fingerprint density at radius 1 is 1.33 bits per heavy atom. The first-order valence-corrected chi connectivity index (χ1v) is 8.70. The van der Waals surface area contributed by atoms with Crippen molar-refractivity contribution in [3.8, 4) is 0 Å². The maximum Gasteiger partial charge on any atom is 0.290 e. The number of carbonyl (C=O) groups is 2. The number of hydrogen-bond acceptors (Lipinski definition) is 8. The highest BCUT2D eigenvalue weighted by atomic mass is 16.3. The topological polar surface area (TPSA) is 139 Å². The van der Waals surface area contributed by atoms with Crippen LogP contribution in [0.25, 0.3) is 0 Å². The van der Waals surface area contributed by atoms with E-state index in [1.54, 1.807) is 0 Å². The average molecular weight is 385 g/mol. The lowest BCUT2D eigenvalue weighted by Gasteiger charge is -2.29. The largest absolute Gasteiger partial charge is 0.483 e. The maximum atomic E-state index is 9.64. The van der Waals surface area contributed by atoms with Crippen LogP contribution in [0.15, 0.2) is 6.20 Å². The number of rotatable bonds is 6. The third-order valence-electron chi connectivity index (χ3n) is 3.78. The molecule has 0 amide bonds. The van der Waals surface area contributed by atoms with E-state index in [9.17, 15) is 5.11 Å². The van der Waals surface area contributed by atoms with Gasteiger partial charge in [-0.3, -0.25) is 9.59 Å². The highest BCUT2D eigenvalue weighted by Gasteiger charge is 2.16. The summed E-state index contributed by atoms with van der Waals surface area (Å²) in [4.78, 5) is 29.9. The van der Waals surface area contributed by atoms with E-state index in [4.69, 9.17) is 19.8 Å². The van der Waals surface area contributed by atoms with Crippen LogP contribution in [0.1, 0.15) is 24.8 Å². The molecule has 2 rings (SSSR count). The normalized spacial score (nSPS) is 16.1. The average Bonchev–Trinajstić information content (AvgIpc) is 2.61. The summed E-state index contributed by atoms with van der Waals surface area (Å²) >= 11 is 0. The van der Waals surface area contributed by atoms with Crippen molar-refractivity contribution >= 4 is 24.7 Å². The number of anilines is 2. The molecule has 1 unspecified atom stereocenters. The molecule has 0 saturated carbocycles. The molecule has 0 radical (unpaired) electrons. The molecule has 10 nitrogen and oxygen atoms in total. The molecule has 1 atom stereocenters. The van der Waals surface area contributed by atoms with Crippen LogP contribution in [0.5, 0.6) is 0 Å². The predicted octanol–water partition coefficient (Wildman–Crippen LogP) is 0.511. The molecule has 1 aliphatic rings. The molecule has 0 aromatic carbocycles. The predicted molar refractivity (Wildman–Crippen MR) is 103 cm³/mol. The first-order valence-electron chi connectivity index (χ1n) is 8.70. The van der Waals surface area contributed by atoms with Crippen LogP contribution in [-0.4, -0.2) is 89.5 Å². The van der Waals surface area contributed by atoms with Gasteiger partial charge in [-0.25, -0.2) is 4.98 Å². The smallest absolute Gasteiger partial charge is 0.290 e. The number of nitrogens with one attached hydrogen (secondary N) is 1. The second-order valence-corrected chi connectivity index (χ2v) is 6.18. The summed E-state index contributed by atoms with van der Waals surface area (Å²) in [7, 11) is 3.97. The summed E-state index contributed by atoms with van der Waals surface area (Å²) in [6, 6.07) is 0. The zero-order valence-electron chi connectivity index (χ0n) is 16.2. The van der Waals surface area contributed by atoms with Gasteiger partial charge in [0.1, 0.15) is 5.82 Å². The molecular formula is C17H31N5O5. The van der Waals surface area contributed by atoms with E-state index in [0.717, 1.165) is 56.8 Å². The number of likely N-dealkylation sites (tertiary alicyclic amines) is 1. The number of nitrogens with zero attached hydrogens (tertiary/aromatic N) is 4. The second-order valence-electron chi connectivity index (χ2n) is 6.18. The highest BCUT2D eigenvalue weighted by molar-refractivity contribution is 5.47. The van der Waals surface area contributed by atoms with Crippen LogP contribution >= 0.6 is 0 Å². The van der Waals surface area contributed by atoms with Crippen molar-refractivity contribution in [2.75, 3.05) is 50.5 Å². The van der Waals surface area contributed by atoms with Gasteiger partial charge in [0, 0.05) is 38.9 Å². The van der Waals surface area contributed by atoms with Gasteiger partial charge < -0.3 is 30.4 Å². The molecule has 2 heterocycles. The highest BCUT2D eigenvalue weighted by Crippen LogP contribution is 2.15. The molecule has 0 aliphatic carbocycles. The maximum absolute atomic E-state index is 9.64. The zero-order chi connectivity index (χ0) is 20.7. The van der Waals surface area contributed by atoms with Crippen molar-refractivity contribution in [2.24, 2.45) is 0 Å². The van der Waals surface area contributed by atoms with E-state index in [1.165, 1.54) is 0 Å². The van der Waals surface area contributed by atoms with Gasteiger partial charge in [-0.2, -0.15) is 4.98 Å². The monoisotopic (exact) mass is 385 g/mol. The molecule has 27 heavy (non-hydrogen) atoms. The lowest BCUT2D eigenvalue weighted by molar-refractivity contribution is -0.123. The standard InChI is InChI=1S/C15H27N5O.2CH2O2/c1-12-10-17-15(18-14(12)19(2)3)16-7-5-9-20-8-4-6-13(21)11-20;2*2-1-3/h10,13,21H,4-9,11H2,1-3H3,(H,16,17,18);2*1H,(H,2,3). The molecular weight excluding hydrogens is 354 g/mol. The molecule has 0 bridgehead atoms. The Balaban J connectivity index is 0.000000997. The van der Waals surface area contributed by atoms with Gasteiger partial charge in [-0.05, 0) is 39.3 Å². The van der Waals surface area contributed by atoms with Gasteiger partial charge in [0.05, 0.1) is 6.10 Å². The van der Waals surface area contributed by atoms with Crippen molar-refractivity contribution in [3.63, 3.8) is 0 Å². The molecule has 1 aliphatic heterocycles. The van der Waals surface area contributed by atoms with Crippen LogP contribution in [0, 0.1) is 6.92 Å². The van der Waals surface area contributed by atoms with Crippen molar-refractivity contribution < 1.29 is 24.9 Å². The third kappa shape index (κ3) is 11.0. The summed E-state index contributed by atoms with van der Waals surface area (Å²) in [5, 5.41) is 26.7. The molecule has 0 spiro atoms. The number of carboxylic acid groups (broad SMARTS) is 2. The fourth-order valence-corrected chi connectivity index (χ4v) is 2.71. The number of β-amino-alcohol motifs (C(OH)–C–C–N with tert-alkyl or cyclic N) is 1. The Hall–Kier alpha value is -2.46. The van der Waals surface area contributed by atoms with E-state index < -0.39 is 0 Å². The Bertz CT molecular complexity index is 538.